The van der Waals surface area contributed by atoms with E-state index >= 15 is 0 Å². The highest BCUT2D eigenvalue weighted by atomic mass is 16.6. The monoisotopic (exact) mass is 709 g/mol. The summed E-state index contributed by atoms with van der Waals surface area (Å²) in [6.45, 7) is 8.50. The summed E-state index contributed by atoms with van der Waals surface area (Å²) in [5.74, 6) is -0.145. The van der Waals surface area contributed by atoms with E-state index in [-0.39, 0.29) is 25.4 Å². The lowest BCUT2D eigenvalue weighted by molar-refractivity contribution is -0.147. The first-order valence-electron chi connectivity index (χ1n) is 18.7. The summed E-state index contributed by atoms with van der Waals surface area (Å²) in [5, 5.41) is 19.9. The average Bonchev–Trinajstić information content (AvgIpc) is 3.82. The van der Waals surface area contributed by atoms with Crippen LogP contribution in [0, 0.1) is 11.8 Å². The molecule has 0 unspecified atom stereocenters. The molecule has 5 amide bonds. The second kappa shape index (κ2) is 19.5. The van der Waals surface area contributed by atoms with E-state index in [4.69, 9.17) is 4.74 Å². The number of amides is 5. The number of aliphatic hydroxyl groups is 1. The molecule has 51 heavy (non-hydrogen) atoms. The molecule has 2 aromatic rings. The Bertz CT molecular complexity index is 1380. The smallest absolute Gasteiger partial charge is 0.429 e. The normalized spacial score (nSPS) is 17.6. The largest absolute Gasteiger partial charge is 0.434 e. The molecule has 1 aliphatic heterocycles. The van der Waals surface area contributed by atoms with Crippen LogP contribution in [0.3, 0.4) is 0 Å². The molecular weight excluding hydrogens is 650 g/mol. The molecule has 13 heteroatoms. The molecule has 4 rings (SSSR count). The van der Waals surface area contributed by atoms with Crippen molar-refractivity contribution in [2.24, 2.45) is 11.8 Å². The van der Waals surface area contributed by atoms with E-state index in [1.165, 1.54) is 27.7 Å². The third-order valence-corrected chi connectivity index (χ3v) is 9.90. The van der Waals surface area contributed by atoms with Crippen LogP contribution in [-0.4, -0.2) is 104 Å². The lowest BCUT2D eigenvalue weighted by Crippen LogP contribution is -2.57. The molecule has 1 aromatic heterocycles. The molecule has 282 valence electrons. The summed E-state index contributed by atoms with van der Waals surface area (Å²) in [7, 11) is 1.54. The fourth-order valence-electron chi connectivity index (χ4n) is 6.99. The molecule has 0 spiro atoms. The number of hydrogen-bond donors (Lipinski definition) is 4. The lowest BCUT2D eigenvalue weighted by Gasteiger charge is -2.35. The number of H-pyrrole nitrogens is 1. The van der Waals surface area contributed by atoms with E-state index in [1.807, 2.05) is 44.2 Å². The van der Waals surface area contributed by atoms with Crippen molar-refractivity contribution >= 4 is 23.9 Å². The van der Waals surface area contributed by atoms with Gasteiger partial charge in [-0.05, 0) is 56.9 Å². The van der Waals surface area contributed by atoms with Gasteiger partial charge in [-0.3, -0.25) is 9.59 Å². The lowest BCUT2D eigenvalue weighted by atomic mass is 9.83. The molecule has 1 saturated carbocycles. The first-order valence-corrected chi connectivity index (χ1v) is 18.7. The Morgan fingerprint density at radius 3 is 2.31 bits per heavy atom. The number of nitrogens with one attached hydrogen (secondary N) is 3. The highest BCUT2D eigenvalue weighted by Crippen LogP contribution is 2.29. The number of carbonyl (C=O) groups excluding carboxylic acids is 4. The highest BCUT2D eigenvalue weighted by molar-refractivity contribution is 5.91. The van der Waals surface area contributed by atoms with E-state index in [0.717, 1.165) is 37.7 Å². The summed E-state index contributed by atoms with van der Waals surface area (Å²) in [6, 6.07) is 7.21. The van der Waals surface area contributed by atoms with Gasteiger partial charge in [0, 0.05) is 50.9 Å². The number of aliphatic hydroxyl groups excluding tert-OH is 1. The van der Waals surface area contributed by atoms with E-state index < -0.39 is 48.2 Å². The Morgan fingerprint density at radius 2 is 1.67 bits per heavy atom. The van der Waals surface area contributed by atoms with Crippen LogP contribution in [0.5, 0.6) is 0 Å². The Balaban J connectivity index is 1.58. The molecule has 1 aromatic carbocycles. The zero-order valence-electron chi connectivity index (χ0n) is 31.1. The second-order valence-corrected chi connectivity index (χ2v) is 14.9. The summed E-state index contributed by atoms with van der Waals surface area (Å²) in [6.07, 6.45) is 8.76. The Morgan fingerprint density at radius 1 is 0.961 bits per heavy atom. The van der Waals surface area contributed by atoms with E-state index in [1.54, 1.807) is 13.2 Å². The van der Waals surface area contributed by atoms with E-state index in [9.17, 15) is 24.3 Å². The zero-order valence-corrected chi connectivity index (χ0v) is 31.1. The fraction of sp³-hybridized carbons (Fsp3) is 0.658. The third-order valence-electron chi connectivity index (χ3n) is 9.90. The SMILES string of the molecule is CC(C)CC[C@H](O)[C@H](CC1CCCCC1)NC(=O)[C@H](Cc1cnc[nH]1)N(C)C(=O)[C@H](Cc1ccccc1)OC(=O)N1CCCN1C(=O)NC(C)C. The van der Waals surface area contributed by atoms with Crippen LogP contribution >= 0.6 is 0 Å². The molecule has 2 heterocycles. The van der Waals surface area contributed by atoms with Crippen molar-refractivity contribution in [1.29, 1.82) is 0 Å². The highest BCUT2D eigenvalue weighted by Gasteiger charge is 2.39. The number of hydrazine groups is 1. The Labute approximate surface area is 302 Å². The molecular formula is C38H59N7O6. The number of aromatic nitrogens is 2. The van der Waals surface area contributed by atoms with Gasteiger partial charge in [-0.1, -0.05) is 76.3 Å². The van der Waals surface area contributed by atoms with Crippen LogP contribution in [-0.2, 0) is 27.2 Å². The molecule has 0 bridgehead atoms. The summed E-state index contributed by atoms with van der Waals surface area (Å²) >= 11 is 0. The minimum Gasteiger partial charge on any atom is -0.434 e. The van der Waals surface area contributed by atoms with E-state index in [0.29, 0.717) is 43.3 Å². The van der Waals surface area contributed by atoms with Crippen molar-refractivity contribution in [1.82, 2.24) is 35.5 Å². The fourth-order valence-corrected chi connectivity index (χ4v) is 6.99. The van der Waals surface area contributed by atoms with Crippen LogP contribution in [0.4, 0.5) is 9.59 Å². The van der Waals surface area contributed by atoms with Gasteiger partial charge in [0.05, 0.1) is 18.5 Å². The quantitative estimate of drug-likeness (QED) is 0.195. The first kappa shape index (κ1) is 39.7. The van der Waals surface area contributed by atoms with Gasteiger partial charge in [0.15, 0.2) is 6.10 Å². The van der Waals surface area contributed by atoms with Gasteiger partial charge in [0.2, 0.25) is 5.91 Å². The molecule has 2 aliphatic rings. The van der Waals surface area contributed by atoms with Gasteiger partial charge in [0.1, 0.15) is 6.04 Å². The second-order valence-electron chi connectivity index (χ2n) is 14.9. The number of ether oxygens (including phenoxy) is 1. The van der Waals surface area contributed by atoms with Crippen molar-refractivity contribution in [3.05, 3.63) is 54.1 Å². The molecule has 4 atom stereocenters. The number of likely N-dealkylation sites (N-methyl/N-ethyl adjacent to an activating group) is 1. The molecule has 1 saturated heterocycles. The van der Waals surface area contributed by atoms with Crippen LogP contribution in [0.15, 0.2) is 42.9 Å². The number of urea groups is 1. The van der Waals surface area contributed by atoms with Crippen molar-refractivity contribution < 1.29 is 29.0 Å². The number of hydrogen-bond acceptors (Lipinski definition) is 7. The predicted octanol–water partition coefficient (Wildman–Crippen LogP) is 4.82. The van der Waals surface area contributed by atoms with Crippen LogP contribution in [0.25, 0.3) is 0 Å². The van der Waals surface area contributed by atoms with Crippen LogP contribution < -0.4 is 10.6 Å². The number of aromatic amines is 1. The zero-order chi connectivity index (χ0) is 36.9. The van der Waals surface area contributed by atoms with Gasteiger partial charge >= 0.3 is 12.1 Å². The predicted molar refractivity (Wildman–Crippen MR) is 194 cm³/mol. The summed E-state index contributed by atoms with van der Waals surface area (Å²) < 4.78 is 5.93. The van der Waals surface area contributed by atoms with Gasteiger partial charge in [-0.25, -0.2) is 24.6 Å². The maximum Gasteiger partial charge on any atom is 0.429 e. The molecule has 13 nitrogen and oxygen atoms in total. The number of imidazole rings is 1. The maximum atomic E-state index is 14.4. The molecule has 4 N–H and O–H groups in total. The third kappa shape index (κ3) is 12.0. The number of rotatable bonds is 16. The van der Waals surface area contributed by atoms with Crippen LogP contribution in [0.2, 0.25) is 0 Å². The van der Waals surface area contributed by atoms with Gasteiger partial charge in [0.25, 0.3) is 5.91 Å². The number of benzene rings is 1. The topological polar surface area (TPSA) is 160 Å². The van der Waals surface area contributed by atoms with Gasteiger partial charge in [-0.2, -0.15) is 0 Å². The number of nitrogens with zero attached hydrogens (tertiary/aromatic N) is 4. The minimum atomic E-state index is -1.28. The summed E-state index contributed by atoms with van der Waals surface area (Å²) in [5.41, 5.74) is 1.42. The van der Waals surface area contributed by atoms with Crippen molar-refractivity contribution in [3.8, 4) is 0 Å². The van der Waals surface area contributed by atoms with Crippen molar-refractivity contribution in [3.63, 3.8) is 0 Å². The maximum absolute atomic E-state index is 14.4. The van der Waals surface area contributed by atoms with Gasteiger partial charge < -0.3 is 30.4 Å². The number of carbonyl (C=O) groups is 4. The molecule has 2 fully saturated rings. The minimum absolute atomic E-state index is 0.0679. The molecule has 0 radical (unpaired) electrons. The van der Waals surface area contributed by atoms with E-state index in [2.05, 4.69) is 34.4 Å². The van der Waals surface area contributed by atoms with Crippen molar-refractivity contribution in [2.45, 2.75) is 129 Å². The Hall–Kier alpha value is -4.13. The molecule has 1 aliphatic carbocycles. The van der Waals surface area contributed by atoms with Crippen molar-refractivity contribution in [2.75, 3.05) is 20.1 Å². The van der Waals surface area contributed by atoms with Gasteiger partial charge in [-0.15, -0.1) is 0 Å². The Kier molecular flexibility index (Phi) is 15.1. The average molecular weight is 710 g/mol. The van der Waals surface area contributed by atoms with Crippen LogP contribution in [0.1, 0.15) is 96.7 Å². The summed E-state index contributed by atoms with van der Waals surface area (Å²) in [4.78, 5) is 63.7. The standard InChI is InChI=1S/C38H59N7O6/c1-26(2)17-18-33(46)31(21-28-13-8-6-9-14-28)42-35(47)32(23-30-24-39-25-40-30)43(5)36(48)34(22-29-15-10-7-11-16-29)51-38(50)45-20-12-19-44(45)37(49)41-27(3)4/h7,10-11,15-16,24-28,31-34,46H,6,8-9,12-14,17-23H2,1-5H3,(H,39,40)(H,41,49)(H,42,47)/t31-,32-,33-,34-/m0/s1. The first-order chi connectivity index (χ1) is 24.4.